The van der Waals surface area contributed by atoms with E-state index in [2.05, 4.69) is 27.2 Å². The topological polar surface area (TPSA) is 52.7 Å². The van der Waals surface area contributed by atoms with Gasteiger partial charge in [-0.05, 0) is 36.5 Å². The highest BCUT2D eigenvalue weighted by Gasteiger charge is 2.24. The molecule has 0 radical (unpaired) electrons. The van der Waals surface area contributed by atoms with Crippen LogP contribution < -0.4 is 5.32 Å². The molecule has 0 atom stereocenters. The lowest BCUT2D eigenvalue weighted by atomic mass is 9.89. The van der Waals surface area contributed by atoms with E-state index >= 15 is 0 Å². The number of nitrogens with one attached hydrogen (secondary N) is 1. The third kappa shape index (κ3) is 5.56. The van der Waals surface area contributed by atoms with E-state index in [0.29, 0.717) is 18.2 Å². The van der Waals surface area contributed by atoms with Crippen LogP contribution in [0.15, 0.2) is 24.3 Å². The second kappa shape index (κ2) is 9.17. The molecule has 1 saturated carbocycles. The predicted molar refractivity (Wildman–Crippen MR) is 104 cm³/mol. The largest absolute Gasteiger partial charge is 0.341 e. The van der Waals surface area contributed by atoms with Gasteiger partial charge in [-0.15, -0.1) is 0 Å². The minimum absolute atomic E-state index is 0.0539. The summed E-state index contributed by atoms with van der Waals surface area (Å²) in [5.41, 5.74) is 2.04. The Bertz CT molecular complexity index is 608. The molecule has 2 amide bonds. The Morgan fingerprint density at radius 2 is 1.81 bits per heavy atom. The predicted octanol–water partition coefficient (Wildman–Crippen LogP) is 3.26. The Labute approximate surface area is 156 Å². The molecule has 5 nitrogen and oxygen atoms in total. The zero-order valence-corrected chi connectivity index (χ0v) is 15.9. The molecule has 1 aliphatic carbocycles. The third-order valence-electron chi connectivity index (χ3n) is 5.56. The van der Waals surface area contributed by atoms with E-state index in [1.807, 2.05) is 12.1 Å². The summed E-state index contributed by atoms with van der Waals surface area (Å²) in [7, 11) is 0. The van der Waals surface area contributed by atoms with E-state index in [1.165, 1.54) is 44.6 Å². The Morgan fingerprint density at radius 1 is 1.08 bits per heavy atom. The lowest BCUT2D eigenvalue weighted by Crippen LogP contribution is -2.37. The molecule has 0 unspecified atom stereocenters. The highest BCUT2D eigenvalue weighted by Crippen LogP contribution is 2.25. The van der Waals surface area contributed by atoms with E-state index in [0.717, 1.165) is 38.4 Å². The Hall–Kier alpha value is -1.88. The number of nitrogens with zero attached hydrogens (tertiary/aromatic N) is 2. The smallest absolute Gasteiger partial charge is 0.223 e. The van der Waals surface area contributed by atoms with Crippen molar-refractivity contribution < 1.29 is 9.59 Å². The van der Waals surface area contributed by atoms with Crippen LogP contribution in [0.1, 0.15) is 51.0 Å². The molecule has 1 saturated heterocycles. The van der Waals surface area contributed by atoms with Crippen LogP contribution in [0.3, 0.4) is 0 Å². The summed E-state index contributed by atoms with van der Waals surface area (Å²) in [5.74, 6) is 0.974. The van der Waals surface area contributed by atoms with Crippen molar-refractivity contribution in [3.63, 3.8) is 0 Å². The van der Waals surface area contributed by atoms with Crippen molar-refractivity contribution in [2.45, 2.75) is 52.0 Å². The summed E-state index contributed by atoms with van der Waals surface area (Å²) in [5, 5.41) is 2.79. The van der Waals surface area contributed by atoms with Crippen LogP contribution in [0.4, 0.5) is 5.69 Å². The normalized spacial score (nSPS) is 20.0. The molecule has 5 heteroatoms. The molecule has 0 bridgehead atoms. The minimum Gasteiger partial charge on any atom is -0.341 e. The van der Waals surface area contributed by atoms with Crippen molar-refractivity contribution in [1.29, 1.82) is 0 Å². The number of benzene rings is 1. The molecule has 2 aliphatic rings. The van der Waals surface area contributed by atoms with Crippen LogP contribution in [-0.4, -0.2) is 47.8 Å². The van der Waals surface area contributed by atoms with E-state index in [4.69, 9.17) is 0 Å². The van der Waals surface area contributed by atoms with Crippen LogP contribution in [0.2, 0.25) is 0 Å². The fourth-order valence-corrected chi connectivity index (χ4v) is 4.10. The van der Waals surface area contributed by atoms with Gasteiger partial charge in [-0.3, -0.25) is 14.5 Å². The standard InChI is InChI=1S/C21H31N3O2/c1-17(25)22-20-9-7-19(8-10-20)15-23-12-11-21(26)24(14-13-23)16-18-5-3-2-4-6-18/h7-10,18H,2-6,11-16H2,1H3,(H,22,25). The zero-order chi connectivity index (χ0) is 18.4. The summed E-state index contributed by atoms with van der Waals surface area (Å²) in [6.45, 7) is 5.93. The van der Waals surface area contributed by atoms with E-state index in [9.17, 15) is 9.59 Å². The zero-order valence-electron chi connectivity index (χ0n) is 15.9. The lowest BCUT2D eigenvalue weighted by molar-refractivity contribution is -0.131. The van der Waals surface area contributed by atoms with Gasteiger partial charge in [-0.25, -0.2) is 0 Å². The minimum atomic E-state index is -0.0539. The van der Waals surface area contributed by atoms with Gasteiger partial charge in [-0.2, -0.15) is 0 Å². The average molecular weight is 357 g/mol. The molecule has 26 heavy (non-hydrogen) atoms. The van der Waals surface area contributed by atoms with E-state index < -0.39 is 0 Å². The van der Waals surface area contributed by atoms with Gasteiger partial charge in [0.15, 0.2) is 0 Å². The Kier molecular flexibility index (Phi) is 6.67. The first-order chi connectivity index (χ1) is 12.6. The number of hydrogen-bond acceptors (Lipinski definition) is 3. The first-order valence-electron chi connectivity index (χ1n) is 9.97. The van der Waals surface area contributed by atoms with Crippen LogP contribution in [0, 0.1) is 5.92 Å². The quantitative estimate of drug-likeness (QED) is 0.880. The van der Waals surface area contributed by atoms with Crippen molar-refractivity contribution in [1.82, 2.24) is 9.80 Å². The van der Waals surface area contributed by atoms with Crippen LogP contribution in [-0.2, 0) is 16.1 Å². The van der Waals surface area contributed by atoms with Crippen molar-refractivity contribution in [3.05, 3.63) is 29.8 Å². The summed E-state index contributed by atoms with van der Waals surface area (Å²) in [4.78, 5) is 28.1. The fraction of sp³-hybridized carbons (Fsp3) is 0.619. The molecule has 0 aromatic heterocycles. The monoisotopic (exact) mass is 357 g/mol. The van der Waals surface area contributed by atoms with Gasteiger partial charge in [-0.1, -0.05) is 31.4 Å². The SMILES string of the molecule is CC(=O)Nc1ccc(CN2CCC(=O)N(CC3CCCCC3)CC2)cc1. The Morgan fingerprint density at radius 3 is 2.50 bits per heavy atom. The second-order valence-electron chi connectivity index (χ2n) is 7.75. The van der Waals surface area contributed by atoms with Gasteiger partial charge >= 0.3 is 0 Å². The maximum Gasteiger partial charge on any atom is 0.223 e. The van der Waals surface area contributed by atoms with Crippen molar-refractivity contribution >= 4 is 17.5 Å². The fourth-order valence-electron chi connectivity index (χ4n) is 4.10. The van der Waals surface area contributed by atoms with Gasteiger partial charge in [0.1, 0.15) is 0 Å². The highest BCUT2D eigenvalue weighted by molar-refractivity contribution is 5.88. The average Bonchev–Trinajstić information content (AvgIpc) is 2.80. The summed E-state index contributed by atoms with van der Waals surface area (Å²) >= 11 is 0. The van der Waals surface area contributed by atoms with Crippen LogP contribution in [0.25, 0.3) is 0 Å². The molecule has 1 heterocycles. The lowest BCUT2D eigenvalue weighted by Gasteiger charge is -2.29. The number of amides is 2. The van der Waals surface area contributed by atoms with Gasteiger partial charge in [0.25, 0.3) is 0 Å². The molecule has 0 spiro atoms. The molecule has 142 valence electrons. The number of carbonyl (C=O) groups is 2. The number of rotatable bonds is 5. The maximum absolute atomic E-state index is 12.5. The van der Waals surface area contributed by atoms with Crippen molar-refractivity contribution in [3.8, 4) is 0 Å². The summed E-state index contributed by atoms with van der Waals surface area (Å²) < 4.78 is 0. The molecule has 1 N–H and O–H groups in total. The first-order valence-corrected chi connectivity index (χ1v) is 9.97. The molecule has 1 aromatic rings. The molecular weight excluding hydrogens is 326 g/mol. The van der Waals surface area contributed by atoms with Crippen molar-refractivity contribution in [2.75, 3.05) is 31.5 Å². The Balaban J connectivity index is 1.51. The van der Waals surface area contributed by atoms with Gasteiger partial charge in [0.2, 0.25) is 11.8 Å². The van der Waals surface area contributed by atoms with Crippen molar-refractivity contribution in [2.24, 2.45) is 5.92 Å². The molecule has 2 fully saturated rings. The van der Waals surface area contributed by atoms with E-state index in [-0.39, 0.29) is 5.91 Å². The number of anilines is 1. The molecule has 1 aromatic carbocycles. The molecule has 3 rings (SSSR count). The molecular formula is C21H31N3O2. The maximum atomic E-state index is 12.5. The summed E-state index contributed by atoms with van der Waals surface area (Å²) in [6, 6.07) is 7.99. The number of carbonyl (C=O) groups excluding carboxylic acids is 2. The second-order valence-corrected chi connectivity index (χ2v) is 7.75. The molecule has 1 aliphatic heterocycles. The van der Waals surface area contributed by atoms with Crippen LogP contribution in [0.5, 0.6) is 0 Å². The summed E-state index contributed by atoms with van der Waals surface area (Å²) in [6.07, 6.45) is 7.21. The van der Waals surface area contributed by atoms with Gasteiger partial charge in [0.05, 0.1) is 0 Å². The van der Waals surface area contributed by atoms with Gasteiger partial charge in [0, 0.05) is 51.8 Å². The first kappa shape index (κ1) is 18.9. The third-order valence-corrected chi connectivity index (χ3v) is 5.56. The van der Waals surface area contributed by atoms with Gasteiger partial charge < -0.3 is 10.2 Å². The van der Waals surface area contributed by atoms with E-state index in [1.54, 1.807) is 0 Å². The number of hydrogen-bond donors (Lipinski definition) is 1. The highest BCUT2D eigenvalue weighted by atomic mass is 16.2. The van der Waals surface area contributed by atoms with Crippen LogP contribution >= 0.6 is 0 Å².